The zero-order chi connectivity index (χ0) is 11.6. The van der Waals surface area contributed by atoms with Gasteiger partial charge >= 0.3 is 0 Å². The first kappa shape index (κ1) is 11.9. The molecule has 0 saturated heterocycles. The van der Waals surface area contributed by atoms with Crippen molar-refractivity contribution in [1.82, 2.24) is 0 Å². The minimum Gasteiger partial charge on any atom is -0.258 e. The Bertz CT molecular complexity index is 502. The van der Waals surface area contributed by atoms with Gasteiger partial charge in [0.25, 0.3) is 5.69 Å². The number of nitrogens with zero attached hydrogens (tertiary/aromatic N) is 1. The van der Waals surface area contributed by atoms with Gasteiger partial charge in [0.2, 0.25) is 9.05 Å². The summed E-state index contributed by atoms with van der Waals surface area (Å²) in [7, 11) is 0.871. The minimum absolute atomic E-state index is 0.530. The van der Waals surface area contributed by atoms with Gasteiger partial charge in [-0.3, -0.25) is 10.1 Å². The molecule has 0 aliphatic carbocycles. The lowest BCUT2D eigenvalue weighted by atomic mass is 10.2. The second-order valence-electron chi connectivity index (χ2n) is 2.68. The standard InChI is InChI=1S/C7H5ClFNO4S/c8-15(13,14)4-5-6(9)2-1-3-7(5)10(11)12/h1-3H,4H2. The van der Waals surface area contributed by atoms with E-state index >= 15 is 0 Å². The molecule has 0 fully saturated rings. The summed E-state index contributed by atoms with van der Waals surface area (Å²) in [6.07, 6.45) is 0. The molecule has 0 amide bonds. The Hall–Kier alpha value is -1.21. The molecule has 0 N–H and O–H groups in total. The molecule has 15 heavy (non-hydrogen) atoms. The topological polar surface area (TPSA) is 77.3 Å². The van der Waals surface area contributed by atoms with Crippen molar-refractivity contribution < 1.29 is 17.7 Å². The van der Waals surface area contributed by atoms with Crippen molar-refractivity contribution in [2.45, 2.75) is 5.75 Å². The molecule has 8 heteroatoms. The summed E-state index contributed by atoms with van der Waals surface area (Å²) in [6.45, 7) is 0. The molecule has 0 spiro atoms. The predicted molar refractivity (Wildman–Crippen MR) is 51.5 cm³/mol. The second kappa shape index (κ2) is 4.11. The van der Waals surface area contributed by atoms with Crippen LogP contribution in [-0.2, 0) is 14.8 Å². The summed E-state index contributed by atoms with van der Waals surface area (Å²) in [5.74, 6) is -1.87. The fourth-order valence-electron chi connectivity index (χ4n) is 1.03. The Balaban J connectivity index is 3.32. The van der Waals surface area contributed by atoms with Gasteiger partial charge in [-0.15, -0.1) is 0 Å². The van der Waals surface area contributed by atoms with Gasteiger partial charge in [-0.1, -0.05) is 6.07 Å². The van der Waals surface area contributed by atoms with Crippen LogP contribution in [0.5, 0.6) is 0 Å². The Labute approximate surface area is 89.0 Å². The number of nitro benzene ring substituents is 1. The van der Waals surface area contributed by atoms with E-state index in [4.69, 9.17) is 10.7 Å². The van der Waals surface area contributed by atoms with Crippen LogP contribution < -0.4 is 0 Å². The summed E-state index contributed by atoms with van der Waals surface area (Å²) in [5, 5.41) is 10.5. The molecule has 82 valence electrons. The maximum Gasteiger partial charge on any atom is 0.276 e. The van der Waals surface area contributed by atoms with E-state index in [1.165, 1.54) is 0 Å². The Morgan fingerprint density at radius 2 is 2.07 bits per heavy atom. The number of hydrogen-bond donors (Lipinski definition) is 0. The van der Waals surface area contributed by atoms with Crippen LogP contribution in [0.4, 0.5) is 10.1 Å². The summed E-state index contributed by atoms with van der Waals surface area (Å²) in [5.41, 5.74) is -1.13. The zero-order valence-corrected chi connectivity index (χ0v) is 8.76. The van der Waals surface area contributed by atoms with Crippen LogP contribution in [-0.4, -0.2) is 13.3 Å². The number of rotatable bonds is 3. The van der Waals surface area contributed by atoms with E-state index in [1.54, 1.807) is 0 Å². The molecule has 0 atom stereocenters. The monoisotopic (exact) mass is 253 g/mol. The molecular formula is C7H5ClFNO4S. The van der Waals surface area contributed by atoms with Gasteiger partial charge in [-0.05, 0) is 6.07 Å². The summed E-state index contributed by atoms with van der Waals surface area (Å²) in [4.78, 5) is 9.60. The Morgan fingerprint density at radius 3 is 2.53 bits per heavy atom. The van der Waals surface area contributed by atoms with Crippen LogP contribution in [0.15, 0.2) is 18.2 Å². The minimum atomic E-state index is -4.03. The smallest absolute Gasteiger partial charge is 0.258 e. The van der Waals surface area contributed by atoms with Crippen LogP contribution in [0.3, 0.4) is 0 Å². The predicted octanol–water partition coefficient (Wildman–Crippen LogP) is 1.80. The summed E-state index contributed by atoms with van der Waals surface area (Å²) < 4.78 is 34.5. The van der Waals surface area contributed by atoms with Crippen LogP contribution >= 0.6 is 10.7 Å². The van der Waals surface area contributed by atoms with Gasteiger partial charge in [0.15, 0.2) is 0 Å². The van der Waals surface area contributed by atoms with Crippen molar-refractivity contribution in [3.63, 3.8) is 0 Å². The van der Waals surface area contributed by atoms with Gasteiger partial charge in [0.05, 0.1) is 16.2 Å². The van der Waals surface area contributed by atoms with Crippen molar-refractivity contribution in [2.75, 3.05) is 0 Å². The van der Waals surface area contributed by atoms with Crippen molar-refractivity contribution in [3.8, 4) is 0 Å². The quantitative estimate of drug-likeness (QED) is 0.467. The average Bonchev–Trinajstić information content (AvgIpc) is 2.05. The maximum absolute atomic E-state index is 13.1. The van der Waals surface area contributed by atoms with Crippen molar-refractivity contribution in [1.29, 1.82) is 0 Å². The normalized spacial score (nSPS) is 11.3. The molecule has 0 aliphatic heterocycles. The fraction of sp³-hybridized carbons (Fsp3) is 0.143. The van der Waals surface area contributed by atoms with E-state index in [2.05, 4.69) is 0 Å². The maximum atomic E-state index is 13.1. The molecule has 1 rings (SSSR count). The van der Waals surface area contributed by atoms with Crippen molar-refractivity contribution >= 4 is 25.4 Å². The molecule has 5 nitrogen and oxygen atoms in total. The molecule has 1 aromatic carbocycles. The third-order valence-electron chi connectivity index (χ3n) is 1.61. The largest absolute Gasteiger partial charge is 0.276 e. The fourth-order valence-corrected chi connectivity index (χ4v) is 1.99. The van der Waals surface area contributed by atoms with Gasteiger partial charge in [-0.2, -0.15) is 0 Å². The highest BCUT2D eigenvalue weighted by Crippen LogP contribution is 2.24. The highest BCUT2D eigenvalue weighted by atomic mass is 35.7. The van der Waals surface area contributed by atoms with E-state index in [9.17, 15) is 22.9 Å². The van der Waals surface area contributed by atoms with Crippen LogP contribution in [0.1, 0.15) is 5.56 Å². The number of benzene rings is 1. The van der Waals surface area contributed by atoms with E-state index in [0.29, 0.717) is 0 Å². The highest BCUT2D eigenvalue weighted by Gasteiger charge is 2.22. The van der Waals surface area contributed by atoms with E-state index in [0.717, 1.165) is 18.2 Å². The average molecular weight is 254 g/mol. The third-order valence-corrected chi connectivity index (χ3v) is 2.57. The number of halogens is 2. The summed E-state index contributed by atoms with van der Waals surface area (Å²) >= 11 is 0. The molecule has 0 radical (unpaired) electrons. The van der Waals surface area contributed by atoms with E-state index in [1.807, 2.05) is 0 Å². The highest BCUT2D eigenvalue weighted by molar-refractivity contribution is 8.13. The lowest BCUT2D eigenvalue weighted by molar-refractivity contribution is -0.385. The second-order valence-corrected chi connectivity index (χ2v) is 5.45. The van der Waals surface area contributed by atoms with E-state index < -0.39 is 36.8 Å². The SMILES string of the molecule is O=[N+]([O-])c1cccc(F)c1CS(=O)(=O)Cl. The molecule has 0 aromatic heterocycles. The van der Waals surface area contributed by atoms with Crippen molar-refractivity contribution in [2.24, 2.45) is 0 Å². The van der Waals surface area contributed by atoms with Crippen LogP contribution in [0.25, 0.3) is 0 Å². The Morgan fingerprint density at radius 1 is 1.47 bits per heavy atom. The van der Waals surface area contributed by atoms with Crippen LogP contribution in [0.2, 0.25) is 0 Å². The molecule has 0 unspecified atom stereocenters. The molecule has 0 heterocycles. The molecular weight excluding hydrogens is 249 g/mol. The zero-order valence-electron chi connectivity index (χ0n) is 7.18. The van der Waals surface area contributed by atoms with E-state index in [-0.39, 0.29) is 0 Å². The third kappa shape index (κ3) is 3.14. The Kier molecular flexibility index (Phi) is 3.25. The van der Waals surface area contributed by atoms with Gasteiger partial charge in [0.1, 0.15) is 5.82 Å². The first-order valence-corrected chi connectivity index (χ1v) is 6.13. The number of nitro groups is 1. The molecule has 0 saturated carbocycles. The first-order chi connectivity index (χ1) is 6.81. The first-order valence-electron chi connectivity index (χ1n) is 3.65. The van der Waals surface area contributed by atoms with Crippen LogP contribution in [0, 0.1) is 15.9 Å². The van der Waals surface area contributed by atoms with Gasteiger partial charge in [-0.25, -0.2) is 12.8 Å². The molecule has 0 aliphatic rings. The lowest BCUT2D eigenvalue weighted by Crippen LogP contribution is -2.03. The molecule has 0 bridgehead atoms. The number of hydrogen-bond acceptors (Lipinski definition) is 4. The van der Waals surface area contributed by atoms with Crippen molar-refractivity contribution in [3.05, 3.63) is 39.7 Å². The lowest BCUT2D eigenvalue weighted by Gasteiger charge is -2.01. The summed E-state index contributed by atoms with van der Waals surface area (Å²) in [6, 6.07) is 3.07. The van der Waals surface area contributed by atoms with Gasteiger partial charge in [0, 0.05) is 16.7 Å². The van der Waals surface area contributed by atoms with Gasteiger partial charge < -0.3 is 0 Å². The molecule has 1 aromatic rings.